The lowest BCUT2D eigenvalue weighted by Crippen LogP contribution is -2.13. The number of halogens is 1. The van der Waals surface area contributed by atoms with E-state index in [1.54, 1.807) is 22.9 Å². The van der Waals surface area contributed by atoms with E-state index in [2.05, 4.69) is 15.4 Å². The van der Waals surface area contributed by atoms with Crippen molar-refractivity contribution in [2.24, 2.45) is 0 Å². The Morgan fingerprint density at radius 2 is 2.09 bits per heavy atom. The highest BCUT2D eigenvalue weighted by Crippen LogP contribution is 2.23. The molecule has 118 valence electrons. The third-order valence-electron chi connectivity index (χ3n) is 3.63. The molecule has 3 rings (SSSR count). The minimum Gasteiger partial charge on any atom is -0.322 e. The van der Waals surface area contributed by atoms with Crippen LogP contribution in [0.15, 0.2) is 30.3 Å². The topological polar surface area (TPSA) is 59.8 Å². The number of nitrogens with one attached hydrogen (secondary N) is 1. The molecule has 0 unspecified atom stereocenters. The van der Waals surface area contributed by atoms with Crippen LogP contribution in [0, 0.1) is 19.7 Å². The Kier molecular flexibility index (Phi) is 3.82. The van der Waals surface area contributed by atoms with Crippen molar-refractivity contribution in [3.05, 3.63) is 53.1 Å². The Balaban J connectivity index is 2.08. The highest BCUT2D eigenvalue weighted by atomic mass is 19.1. The number of benzene rings is 1. The molecule has 0 aliphatic heterocycles. The zero-order chi connectivity index (χ0) is 16.6. The van der Waals surface area contributed by atoms with Gasteiger partial charge in [-0.05, 0) is 45.0 Å². The molecule has 0 bridgehead atoms. The van der Waals surface area contributed by atoms with Crippen molar-refractivity contribution in [2.45, 2.75) is 27.3 Å². The first-order valence-electron chi connectivity index (χ1n) is 7.41. The van der Waals surface area contributed by atoms with Crippen LogP contribution in [0.2, 0.25) is 0 Å². The van der Waals surface area contributed by atoms with Crippen molar-refractivity contribution in [2.75, 3.05) is 5.32 Å². The van der Waals surface area contributed by atoms with Crippen LogP contribution in [0.5, 0.6) is 0 Å². The molecule has 0 saturated heterocycles. The fourth-order valence-corrected chi connectivity index (χ4v) is 2.64. The summed E-state index contributed by atoms with van der Waals surface area (Å²) in [7, 11) is 0. The molecular formula is C17H17FN4O. The summed E-state index contributed by atoms with van der Waals surface area (Å²) in [5.74, 6) is -0.696. The number of anilines is 1. The first-order chi connectivity index (χ1) is 11.0. The maximum absolute atomic E-state index is 13.3. The highest BCUT2D eigenvalue weighted by molar-refractivity contribution is 6.12. The summed E-state index contributed by atoms with van der Waals surface area (Å²) in [6, 6.07) is 7.55. The number of nitrogens with zero attached hydrogens (tertiary/aromatic N) is 3. The predicted molar refractivity (Wildman–Crippen MR) is 87.0 cm³/mol. The summed E-state index contributed by atoms with van der Waals surface area (Å²) < 4.78 is 15.1. The van der Waals surface area contributed by atoms with Crippen molar-refractivity contribution < 1.29 is 9.18 Å². The Hall–Kier alpha value is -2.76. The maximum Gasteiger partial charge on any atom is 0.256 e. The summed E-state index contributed by atoms with van der Waals surface area (Å²) in [5.41, 5.74) is 3.08. The van der Waals surface area contributed by atoms with Gasteiger partial charge in [0.25, 0.3) is 5.91 Å². The standard InChI is InChI=1S/C17H17FN4O/c1-4-22-16-15(11(3)21-22)14(8-10(2)19-16)17(23)20-13-7-5-6-12(18)9-13/h5-9H,4H2,1-3H3,(H,20,23). The van der Waals surface area contributed by atoms with Crippen LogP contribution in [-0.4, -0.2) is 20.7 Å². The van der Waals surface area contributed by atoms with Crippen LogP contribution >= 0.6 is 0 Å². The molecule has 0 fully saturated rings. The lowest BCUT2D eigenvalue weighted by atomic mass is 10.1. The van der Waals surface area contributed by atoms with Gasteiger partial charge >= 0.3 is 0 Å². The minimum atomic E-state index is -0.395. The van der Waals surface area contributed by atoms with E-state index in [9.17, 15) is 9.18 Å². The second kappa shape index (κ2) is 5.79. The number of aromatic nitrogens is 3. The van der Waals surface area contributed by atoms with Gasteiger partial charge in [-0.25, -0.2) is 14.1 Å². The first-order valence-corrected chi connectivity index (χ1v) is 7.41. The molecule has 2 aromatic heterocycles. The molecular weight excluding hydrogens is 295 g/mol. The average molecular weight is 312 g/mol. The predicted octanol–water partition coefficient (Wildman–Crippen LogP) is 3.46. The van der Waals surface area contributed by atoms with E-state index < -0.39 is 5.82 Å². The van der Waals surface area contributed by atoms with Crippen LogP contribution in [0.3, 0.4) is 0 Å². The van der Waals surface area contributed by atoms with Crippen molar-refractivity contribution >= 4 is 22.6 Å². The summed E-state index contributed by atoms with van der Waals surface area (Å²) in [4.78, 5) is 17.1. The number of carbonyl (C=O) groups excluding carboxylic acids is 1. The number of amides is 1. The van der Waals surface area contributed by atoms with E-state index in [4.69, 9.17) is 0 Å². The molecule has 23 heavy (non-hydrogen) atoms. The van der Waals surface area contributed by atoms with Gasteiger partial charge in [0.2, 0.25) is 0 Å². The zero-order valence-corrected chi connectivity index (χ0v) is 13.2. The van der Waals surface area contributed by atoms with Crippen molar-refractivity contribution in [3.8, 4) is 0 Å². The number of aryl methyl sites for hydroxylation is 3. The van der Waals surface area contributed by atoms with E-state index in [0.717, 1.165) is 16.8 Å². The third-order valence-corrected chi connectivity index (χ3v) is 3.63. The highest BCUT2D eigenvalue weighted by Gasteiger charge is 2.18. The van der Waals surface area contributed by atoms with Gasteiger partial charge in [0.05, 0.1) is 16.6 Å². The summed E-state index contributed by atoms with van der Waals surface area (Å²) in [6.07, 6.45) is 0. The van der Waals surface area contributed by atoms with Crippen LogP contribution in [-0.2, 0) is 6.54 Å². The fourth-order valence-electron chi connectivity index (χ4n) is 2.64. The largest absolute Gasteiger partial charge is 0.322 e. The van der Waals surface area contributed by atoms with Gasteiger partial charge in [-0.1, -0.05) is 6.07 Å². The second-order valence-electron chi connectivity index (χ2n) is 5.38. The van der Waals surface area contributed by atoms with Crippen molar-refractivity contribution in [1.82, 2.24) is 14.8 Å². The Labute approximate surface area is 133 Å². The Morgan fingerprint density at radius 1 is 1.30 bits per heavy atom. The van der Waals surface area contributed by atoms with E-state index >= 15 is 0 Å². The fraction of sp³-hybridized carbons (Fsp3) is 0.235. The SMILES string of the molecule is CCn1nc(C)c2c(C(=O)Nc3cccc(F)c3)cc(C)nc21. The molecule has 0 aliphatic rings. The maximum atomic E-state index is 13.3. The smallest absolute Gasteiger partial charge is 0.256 e. The first kappa shape index (κ1) is 15.1. The van der Waals surface area contributed by atoms with Crippen LogP contribution < -0.4 is 5.32 Å². The molecule has 0 aliphatic carbocycles. The van der Waals surface area contributed by atoms with E-state index in [-0.39, 0.29) is 5.91 Å². The summed E-state index contributed by atoms with van der Waals surface area (Å²) in [5, 5.41) is 7.88. The number of pyridine rings is 1. The van der Waals surface area contributed by atoms with Crippen molar-refractivity contribution in [1.29, 1.82) is 0 Å². The molecule has 1 N–H and O–H groups in total. The molecule has 0 atom stereocenters. The Morgan fingerprint density at radius 3 is 2.78 bits per heavy atom. The molecule has 1 amide bonds. The molecule has 3 aromatic rings. The molecule has 5 nitrogen and oxygen atoms in total. The number of carbonyl (C=O) groups is 1. The van der Waals surface area contributed by atoms with Gasteiger partial charge in [0.15, 0.2) is 5.65 Å². The number of rotatable bonds is 3. The van der Waals surface area contributed by atoms with Gasteiger partial charge in [0.1, 0.15) is 5.82 Å². The van der Waals surface area contributed by atoms with Crippen LogP contribution in [0.25, 0.3) is 11.0 Å². The van der Waals surface area contributed by atoms with Gasteiger partial charge in [-0.15, -0.1) is 0 Å². The van der Waals surface area contributed by atoms with Crippen molar-refractivity contribution in [3.63, 3.8) is 0 Å². The van der Waals surface area contributed by atoms with Crippen LogP contribution in [0.1, 0.15) is 28.7 Å². The number of hydrogen-bond donors (Lipinski definition) is 1. The normalized spacial score (nSPS) is 11.0. The number of fused-ring (bicyclic) bond motifs is 1. The van der Waals surface area contributed by atoms with Gasteiger partial charge in [0, 0.05) is 17.9 Å². The summed E-state index contributed by atoms with van der Waals surface area (Å²) >= 11 is 0. The van der Waals surface area contributed by atoms with E-state index in [0.29, 0.717) is 23.4 Å². The number of hydrogen-bond acceptors (Lipinski definition) is 3. The van der Waals surface area contributed by atoms with E-state index in [1.165, 1.54) is 12.1 Å². The lowest BCUT2D eigenvalue weighted by Gasteiger charge is -2.08. The lowest BCUT2D eigenvalue weighted by molar-refractivity contribution is 0.102. The van der Waals surface area contributed by atoms with Gasteiger partial charge in [-0.3, -0.25) is 4.79 Å². The zero-order valence-electron chi connectivity index (χ0n) is 13.2. The monoisotopic (exact) mass is 312 g/mol. The Bertz CT molecular complexity index is 901. The quantitative estimate of drug-likeness (QED) is 0.805. The molecule has 0 radical (unpaired) electrons. The second-order valence-corrected chi connectivity index (χ2v) is 5.38. The third kappa shape index (κ3) is 2.79. The average Bonchev–Trinajstić information content (AvgIpc) is 2.82. The molecule has 6 heteroatoms. The van der Waals surface area contributed by atoms with E-state index in [1.807, 2.05) is 20.8 Å². The van der Waals surface area contributed by atoms with Crippen LogP contribution in [0.4, 0.5) is 10.1 Å². The summed E-state index contributed by atoms with van der Waals surface area (Å²) in [6.45, 7) is 6.33. The molecule has 0 spiro atoms. The minimum absolute atomic E-state index is 0.301. The molecule has 0 saturated carbocycles. The molecule has 1 aromatic carbocycles. The molecule has 2 heterocycles. The van der Waals surface area contributed by atoms with Gasteiger partial charge in [-0.2, -0.15) is 5.10 Å². The van der Waals surface area contributed by atoms with Gasteiger partial charge < -0.3 is 5.32 Å².